The molecule has 1 aromatic rings. The van der Waals surface area contributed by atoms with Crippen LogP contribution in [0.1, 0.15) is 25.3 Å². The summed E-state index contributed by atoms with van der Waals surface area (Å²) in [6, 6.07) is 6.98. The first kappa shape index (κ1) is 20.3. The molecule has 2 aliphatic rings. The number of ether oxygens (including phenoxy) is 1. The van der Waals surface area contributed by atoms with Gasteiger partial charge in [-0.15, -0.1) is 0 Å². The van der Waals surface area contributed by atoms with Crippen LogP contribution in [0.3, 0.4) is 0 Å². The van der Waals surface area contributed by atoms with Gasteiger partial charge in [-0.1, -0.05) is 17.7 Å². The maximum absolute atomic E-state index is 12.4. The smallest absolute Gasteiger partial charge is 0.312 e. The summed E-state index contributed by atoms with van der Waals surface area (Å²) in [6.07, 6.45) is -0.668. The number of esters is 1. The third-order valence-electron chi connectivity index (χ3n) is 5.04. The van der Waals surface area contributed by atoms with E-state index >= 15 is 0 Å². The van der Waals surface area contributed by atoms with Crippen LogP contribution in [0.4, 0.5) is 5.69 Å². The Hall–Kier alpha value is -2.42. The number of hydrogen-bond donors (Lipinski definition) is 1. The summed E-state index contributed by atoms with van der Waals surface area (Å²) in [5.41, 5.74) is 1.79. The maximum Gasteiger partial charge on any atom is 0.312 e. The molecule has 3 rings (SSSR count). The van der Waals surface area contributed by atoms with Gasteiger partial charge in [0.15, 0.2) is 15.9 Å². The predicted octanol–water partition coefficient (Wildman–Crippen LogP) is 0.583. The number of nitrogens with one attached hydrogen (secondary N) is 1. The SMILES string of the molecule is Cc1ccc(N2C[C@@H](C(=O)O[C@H](C)C(=O)N[C@@H]3CCS(=O)(=O)C3)CC2=O)cc1. The number of anilines is 1. The largest absolute Gasteiger partial charge is 0.452 e. The minimum atomic E-state index is -3.11. The van der Waals surface area contributed by atoms with Gasteiger partial charge in [0.05, 0.1) is 17.4 Å². The molecular formula is C19H24N2O6S. The Morgan fingerprint density at radius 1 is 1.25 bits per heavy atom. The zero-order valence-corrected chi connectivity index (χ0v) is 16.7. The Morgan fingerprint density at radius 2 is 1.93 bits per heavy atom. The Morgan fingerprint density at radius 3 is 2.54 bits per heavy atom. The number of carbonyl (C=O) groups is 3. The summed E-state index contributed by atoms with van der Waals surface area (Å²) < 4.78 is 28.2. The molecule has 2 amide bonds. The van der Waals surface area contributed by atoms with Gasteiger partial charge in [0.1, 0.15) is 0 Å². The minimum Gasteiger partial charge on any atom is -0.452 e. The van der Waals surface area contributed by atoms with E-state index in [1.54, 1.807) is 4.90 Å². The Balaban J connectivity index is 1.53. The average Bonchev–Trinajstić information content (AvgIpc) is 3.17. The highest BCUT2D eigenvalue weighted by Gasteiger charge is 2.38. The molecule has 0 saturated carbocycles. The van der Waals surface area contributed by atoms with Crippen LogP contribution >= 0.6 is 0 Å². The lowest BCUT2D eigenvalue weighted by atomic mass is 10.1. The van der Waals surface area contributed by atoms with E-state index < -0.39 is 39.8 Å². The summed E-state index contributed by atoms with van der Waals surface area (Å²) in [7, 11) is -3.11. The van der Waals surface area contributed by atoms with Crippen LogP contribution in [0.15, 0.2) is 24.3 Å². The number of aryl methyl sites for hydroxylation is 1. The monoisotopic (exact) mass is 408 g/mol. The molecule has 2 saturated heterocycles. The molecular weight excluding hydrogens is 384 g/mol. The topological polar surface area (TPSA) is 110 Å². The maximum atomic E-state index is 12.4. The summed E-state index contributed by atoms with van der Waals surface area (Å²) >= 11 is 0. The van der Waals surface area contributed by atoms with Gasteiger partial charge in [0.25, 0.3) is 5.91 Å². The number of amides is 2. The van der Waals surface area contributed by atoms with Crippen molar-refractivity contribution in [2.75, 3.05) is 23.0 Å². The lowest BCUT2D eigenvalue weighted by molar-refractivity contribution is -0.158. The van der Waals surface area contributed by atoms with Gasteiger partial charge < -0.3 is 15.0 Å². The number of sulfone groups is 1. The van der Waals surface area contributed by atoms with Gasteiger partial charge in [-0.05, 0) is 32.4 Å². The van der Waals surface area contributed by atoms with Crippen molar-refractivity contribution in [3.8, 4) is 0 Å². The molecule has 1 N–H and O–H groups in total. The van der Waals surface area contributed by atoms with Gasteiger partial charge in [0, 0.05) is 24.7 Å². The molecule has 28 heavy (non-hydrogen) atoms. The molecule has 0 aliphatic carbocycles. The van der Waals surface area contributed by atoms with E-state index in [1.165, 1.54) is 6.92 Å². The van der Waals surface area contributed by atoms with Crippen LogP contribution in [-0.4, -0.2) is 56.4 Å². The van der Waals surface area contributed by atoms with Crippen LogP contribution < -0.4 is 10.2 Å². The first-order valence-corrected chi connectivity index (χ1v) is 11.0. The molecule has 2 fully saturated rings. The molecule has 0 spiro atoms. The molecule has 2 heterocycles. The summed E-state index contributed by atoms with van der Waals surface area (Å²) in [5.74, 6) is -2.00. The van der Waals surface area contributed by atoms with Crippen molar-refractivity contribution in [2.24, 2.45) is 5.92 Å². The number of benzene rings is 1. The second-order valence-electron chi connectivity index (χ2n) is 7.43. The van der Waals surface area contributed by atoms with Gasteiger partial charge in [-0.25, -0.2) is 8.42 Å². The first-order chi connectivity index (χ1) is 13.1. The van der Waals surface area contributed by atoms with Crippen molar-refractivity contribution in [2.45, 2.75) is 38.8 Å². The quantitative estimate of drug-likeness (QED) is 0.714. The molecule has 0 bridgehead atoms. The van der Waals surface area contributed by atoms with E-state index in [-0.39, 0.29) is 30.4 Å². The number of nitrogens with zero attached hydrogens (tertiary/aromatic N) is 1. The highest BCUT2D eigenvalue weighted by Crippen LogP contribution is 2.26. The lowest BCUT2D eigenvalue weighted by Gasteiger charge is -2.19. The van der Waals surface area contributed by atoms with E-state index in [4.69, 9.17) is 4.74 Å². The molecule has 9 heteroatoms. The normalized spacial score (nSPS) is 24.8. The van der Waals surface area contributed by atoms with Crippen LogP contribution in [0.2, 0.25) is 0 Å². The molecule has 152 valence electrons. The van der Waals surface area contributed by atoms with Crippen molar-refractivity contribution in [3.63, 3.8) is 0 Å². The molecule has 0 aromatic heterocycles. The molecule has 0 unspecified atom stereocenters. The van der Waals surface area contributed by atoms with Crippen molar-refractivity contribution < 1.29 is 27.5 Å². The zero-order chi connectivity index (χ0) is 20.5. The zero-order valence-electron chi connectivity index (χ0n) is 15.9. The summed E-state index contributed by atoms with van der Waals surface area (Å²) in [6.45, 7) is 3.59. The number of carbonyl (C=O) groups excluding carboxylic acids is 3. The predicted molar refractivity (Wildman–Crippen MR) is 102 cm³/mol. The fourth-order valence-electron chi connectivity index (χ4n) is 3.39. The third kappa shape index (κ3) is 4.70. The van der Waals surface area contributed by atoms with Crippen molar-refractivity contribution >= 4 is 33.3 Å². The highest BCUT2D eigenvalue weighted by molar-refractivity contribution is 7.91. The van der Waals surface area contributed by atoms with Gasteiger partial charge >= 0.3 is 5.97 Å². The van der Waals surface area contributed by atoms with E-state index in [0.717, 1.165) is 11.3 Å². The molecule has 1 aromatic carbocycles. The van der Waals surface area contributed by atoms with Crippen molar-refractivity contribution in [1.29, 1.82) is 0 Å². The Bertz CT molecular complexity index is 880. The second kappa shape index (κ2) is 7.90. The summed E-state index contributed by atoms with van der Waals surface area (Å²) in [4.78, 5) is 38.4. The van der Waals surface area contributed by atoms with E-state index in [1.807, 2.05) is 31.2 Å². The standard InChI is InChI=1S/C19H24N2O6S/c1-12-3-5-16(6-4-12)21-10-14(9-17(21)22)19(24)27-13(2)18(23)20-15-7-8-28(25,26)11-15/h3-6,13-15H,7-11H2,1-2H3,(H,20,23)/t13-,14+,15-/m1/s1. The second-order valence-corrected chi connectivity index (χ2v) is 9.66. The van der Waals surface area contributed by atoms with Crippen LogP contribution in [0, 0.1) is 12.8 Å². The summed E-state index contributed by atoms with van der Waals surface area (Å²) in [5, 5.41) is 2.61. The highest BCUT2D eigenvalue weighted by atomic mass is 32.2. The lowest BCUT2D eigenvalue weighted by Crippen LogP contribution is -2.43. The van der Waals surface area contributed by atoms with Crippen LogP contribution in [-0.2, 0) is 29.0 Å². The third-order valence-corrected chi connectivity index (χ3v) is 6.81. The Kier molecular flexibility index (Phi) is 5.74. The molecule has 2 aliphatic heterocycles. The molecule has 3 atom stereocenters. The van der Waals surface area contributed by atoms with Crippen molar-refractivity contribution in [3.05, 3.63) is 29.8 Å². The molecule has 0 radical (unpaired) electrons. The number of hydrogen-bond acceptors (Lipinski definition) is 6. The first-order valence-electron chi connectivity index (χ1n) is 9.23. The molecule has 8 nitrogen and oxygen atoms in total. The van der Waals surface area contributed by atoms with Gasteiger partial charge in [-0.3, -0.25) is 14.4 Å². The van der Waals surface area contributed by atoms with Gasteiger partial charge in [0.2, 0.25) is 5.91 Å². The van der Waals surface area contributed by atoms with Crippen molar-refractivity contribution in [1.82, 2.24) is 5.32 Å². The fourth-order valence-corrected chi connectivity index (χ4v) is 5.06. The van der Waals surface area contributed by atoms with Crippen LogP contribution in [0.5, 0.6) is 0 Å². The number of rotatable bonds is 5. The van der Waals surface area contributed by atoms with Gasteiger partial charge in [-0.2, -0.15) is 0 Å². The van der Waals surface area contributed by atoms with E-state index in [0.29, 0.717) is 6.42 Å². The fraction of sp³-hybridized carbons (Fsp3) is 0.526. The Labute approximate surface area is 164 Å². The average molecular weight is 408 g/mol. The van der Waals surface area contributed by atoms with E-state index in [2.05, 4.69) is 5.32 Å². The van der Waals surface area contributed by atoms with Crippen LogP contribution in [0.25, 0.3) is 0 Å². The minimum absolute atomic E-state index is 0.0297. The van der Waals surface area contributed by atoms with E-state index in [9.17, 15) is 22.8 Å².